The molecule has 13 nitrogen and oxygen atoms in total. The van der Waals surface area contributed by atoms with E-state index in [0.717, 1.165) is 50.5 Å². The number of carbonyl (C=O) groups excluding carboxylic acids is 2. The number of pyridine rings is 1. The lowest BCUT2D eigenvalue weighted by Crippen LogP contribution is -2.34. The van der Waals surface area contributed by atoms with Crippen molar-refractivity contribution >= 4 is 55.5 Å². The van der Waals surface area contributed by atoms with E-state index in [1.54, 1.807) is 17.8 Å². The van der Waals surface area contributed by atoms with Crippen molar-refractivity contribution in [3.63, 3.8) is 0 Å². The Morgan fingerprint density at radius 2 is 1.58 bits per heavy atom. The van der Waals surface area contributed by atoms with Gasteiger partial charge in [-0.15, -0.1) is 0 Å². The average Bonchev–Trinajstić information content (AvgIpc) is 3.81. The Labute approximate surface area is 346 Å². The number of carbonyl (C=O) groups is 2. The van der Waals surface area contributed by atoms with Crippen LogP contribution < -0.4 is 4.90 Å². The molecule has 4 heterocycles. The lowest BCUT2D eigenvalue weighted by Gasteiger charge is -2.32. The van der Waals surface area contributed by atoms with Gasteiger partial charge in [0.05, 0.1) is 41.4 Å². The number of hydrogen-bond donors (Lipinski definition) is 0. The van der Waals surface area contributed by atoms with Crippen molar-refractivity contribution in [2.45, 2.75) is 110 Å². The van der Waals surface area contributed by atoms with E-state index in [-0.39, 0.29) is 25.1 Å². The van der Waals surface area contributed by atoms with Crippen LogP contribution >= 0.6 is 15.9 Å². The highest BCUT2D eigenvalue weighted by Crippen LogP contribution is 2.43. The smallest absolute Gasteiger partial charge is 0.341 e. The van der Waals surface area contributed by atoms with Crippen molar-refractivity contribution in [2.75, 3.05) is 44.8 Å². The maximum Gasteiger partial charge on any atom is 0.341 e. The minimum Gasteiger partial charge on any atom is -0.464 e. The van der Waals surface area contributed by atoms with Gasteiger partial charge in [0.2, 0.25) is 0 Å². The van der Waals surface area contributed by atoms with Crippen LogP contribution in [0.15, 0.2) is 41.4 Å². The van der Waals surface area contributed by atoms with Crippen molar-refractivity contribution in [1.29, 1.82) is 0 Å². The van der Waals surface area contributed by atoms with Crippen LogP contribution in [0.2, 0.25) is 51.4 Å². The molecule has 0 aliphatic heterocycles. The van der Waals surface area contributed by atoms with Crippen molar-refractivity contribution in [3.05, 3.63) is 47.1 Å². The molecule has 4 aromatic rings. The summed E-state index contributed by atoms with van der Waals surface area (Å²) in [4.78, 5) is 35.6. The molecular formula is C40H59BrFN7O6Si2. The number of rotatable bonds is 20. The molecule has 0 radical (unpaired) electrons. The van der Waals surface area contributed by atoms with Crippen molar-refractivity contribution in [1.82, 2.24) is 29.4 Å². The number of nitrogens with zero attached hydrogens (tertiary/aromatic N) is 7. The summed E-state index contributed by atoms with van der Waals surface area (Å²) < 4.78 is 42.3. The summed E-state index contributed by atoms with van der Waals surface area (Å²) in [7, 11) is -2.66. The molecule has 0 amide bonds. The molecule has 0 N–H and O–H groups in total. The Kier molecular flexibility index (Phi) is 15.6. The quantitative estimate of drug-likeness (QED) is 0.0366. The summed E-state index contributed by atoms with van der Waals surface area (Å²) >= 11 is 3.98. The fourth-order valence-electron chi connectivity index (χ4n) is 6.71. The van der Waals surface area contributed by atoms with E-state index >= 15 is 4.39 Å². The lowest BCUT2D eigenvalue weighted by atomic mass is 9.78. The number of ether oxygens (including phenoxy) is 4. The first-order valence-corrected chi connectivity index (χ1v) is 28.2. The van der Waals surface area contributed by atoms with Gasteiger partial charge in [-0.05, 0) is 66.7 Å². The second-order valence-electron chi connectivity index (χ2n) is 17.2. The third-order valence-electron chi connectivity index (χ3n) is 10.1. The monoisotopic (exact) mass is 887 g/mol. The van der Waals surface area contributed by atoms with Crippen molar-refractivity contribution in [2.24, 2.45) is 5.92 Å². The Hall–Kier alpha value is -3.52. The predicted molar refractivity (Wildman–Crippen MR) is 228 cm³/mol. The number of esters is 2. The Morgan fingerprint density at radius 3 is 2.16 bits per heavy atom. The molecule has 0 bridgehead atoms. The van der Waals surface area contributed by atoms with Crippen LogP contribution in [0.1, 0.15) is 51.1 Å². The number of halogens is 2. The minimum absolute atomic E-state index is 0.0110. The Bertz CT molecular complexity index is 1920. The number of hydrogen-bond acceptors (Lipinski definition) is 11. The number of aromatic nitrogens is 6. The van der Waals surface area contributed by atoms with E-state index in [0.29, 0.717) is 64.6 Å². The summed E-state index contributed by atoms with van der Waals surface area (Å²) in [6.07, 6.45) is 8.01. The largest absolute Gasteiger partial charge is 0.464 e. The minimum atomic E-state index is -1.63. The lowest BCUT2D eigenvalue weighted by molar-refractivity contribution is -0.151. The molecule has 5 rings (SSSR count). The van der Waals surface area contributed by atoms with E-state index in [1.165, 1.54) is 6.92 Å². The summed E-state index contributed by atoms with van der Waals surface area (Å²) in [5.41, 5.74) is 4.73. The average molecular weight is 889 g/mol. The van der Waals surface area contributed by atoms with Gasteiger partial charge in [-0.1, -0.05) is 45.3 Å². The van der Waals surface area contributed by atoms with Gasteiger partial charge < -0.3 is 23.8 Å². The summed E-state index contributed by atoms with van der Waals surface area (Å²) in [6, 6.07) is 6.00. The fourth-order valence-corrected chi connectivity index (χ4v) is 9.06. The second-order valence-corrected chi connectivity index (χ2v) is 29.2. The Balaban J connectivity index is 1.50. The van der Waals surface area contributed by atoms with Crippen molar-refractivity contribution < 1.29 is 32.9 Å². The van der Waals surface area contributed by atoms with E-state index in [4.69, 9.17) is 34.0 Å². The maximum absolute atomic E-state index is 15.1. The Morgan fingerprint density at radius 1 is 0.912 bits per heavy atom. The molecule has 1 unspecified atom stereocenters. The first-order chi connectivity index (χ1) is 27.0. The van der Waals surface area contributed by atoms with Gasteiger partial charge in [0.1, 0.15) is 20.1 Å². The fraction of sp³-hybridized carbons (Fsp3) is 0.600. The van der Waals surface area contributed by atoms with Gasteiger partial charge in [-0.25, -0.2) is 14.2 Å². The van der Waals surface area contributed by atoms with Gasteiger partial charge >= 0.3 is 11.9 Å². The molecule has 1 saturated carbocycles. The standard InChI is InChI=1S/C40H59BrFN7O6Si2/c1-9-54-40(51)36(42)29-10-12-30(13-11-29)37-35(41)39(47(26-52-18-20-56(3,4)5)27-53-19-21-57(6,7)8)49-38(46-37)33(24-45-49)31-14-15-34(43-22-31)32-23-44-48(25-32)16-17-55-28(2)50/h14-15,22-25,29-30,36H,9-13,16-21,26-27H2,1-8H3/t29-,30+,36?. The molecule has 0 saturated heterocycles. The van der Waals surface area contributed by atoms with Crippen molar-refractivity contribution in [3.8, 4) is 22.4 Å². The predicted octanol–water partition coefficient (Wildman–Crippen LogP) is 8.59. The number of alkyl halides is 1. The summed E-state index contributed by atoms with van der Waals surface area (Å²) in [5.74, 6) is -0.721. The van der Waals surface area contributed by atoms with Gasteiger partial charge in [0, 0.05) is 77.2 Å². The highest BCUT2D eigenvalue weighted by atomic mass is 79.9. The first-order valence-electron chi connectivity index (χ1n) is 20.0. The van der Waals surface area contributed by atoms with Gasteiger partial charge in [-0.3, -0.25) is 14.5 Å². The highest BCUT2D eigenvalue weighted by Gasteiger charge is 2.36. The zero-order valence-corrected chi connectivity index (χ0v) is 38.3. The van der Waals surface area contributed by atoms with Crippen LogP contribution in [0.25, 0.3) is 28.0 Å². The van der Waals surface area contributed by atoms with Gasteiger partial charge in [0.15, 0.2) is 17.6 Å². The number of fused-ring (bicyclic) bond motifs is 1. The van der Waals surface area contributed by atoms with Crippen LogP contribution in [0.5, 0.6) is 0 Å². The molecule has 17 heteroatoms. The second kappa shape index (κ2) is 20.0. The maximum atomic E-state index is 15.1. The van der Waals surface area contributed by atoms with E-state index in [9.17, 15) is 9.59 Å². The molecule has 1 atom stereocenters. The molecule has 0 aromatic carbocycles. The summed E-state index contributed by atoms with van der Waals surface area (Å²) in [5, 5.41) is 9.29. The van der Waals surface area contributed by atoms with E-state index < -0.39 is 34.2 Å². The molecule has 4 aromatic heterocycles. The normalized spacial score (nSPS) is 16.8. The molecule has 1 aliphatic carbocycles. The molecule has 0 spiro atoms. The third-order valence-corrected chi connectivity index (χ3v) is 14.3. The van der Waals surface area contributed by atoms with Gasteiger partial charge in [-0.2, -0.15) is 14.7 Å². The van der Waals surface area contributed by atoms with Crippen LogP contribution in [-0.4, -0.2) is 104 Å². The summed E-state index contributed by atoms with van der Waals surface area (Å²) in [6.45, 7) is 19.8. The van der Waals surface area contributed by atoms with Crippen LogP contribution in [0.3, 0.4) is 0 Å². The van der Waals surface area contributed by atoms with E-state index in [1.807, 2.05) is 35.2 Å². The van der Waals surface area contributed by atoms with Crippen LogP contribution in [0.4, 0.5) is 10.2 Å². The first kappa shape index (κ1) is 44.6. The van der Waals surface area contributed by atoms with E-state index in [2.05, 4.69) is 65.2 Å². The number of anilines is 1. The topological polar surface area (TPSA) is 135 Å². The SMILES string of the molecule is CCOC(=O)C(F)[C@H]1CC[C@@H](c2nc3c(-c4ccc(-c5cnn(CCOC(C)=O)c5)nc4)cnn3c(N(COCC[Si](C)(C)C)COCC[Si](C)(C)C)c2Br)CC1. The molecule has 1 fully saturated rings. The molecule has 312 valence electrons. The molecule has 1 aliphatic rings. The third kappa shape index (κ3) is 12.5. The zero-order chi connectivity index (χ0) is 41.3. The zero-order valence-electron chi connectivity index (χ0n) is 34.7. The molecular weight excluding hydrogens is 830 g/mol. The van der Waals surface area contributed by atoms with Crippen LogP contribution in [-0.2, 0) is 35.1 Å². The van der Waals surface area contributed by atoms with Crippen LogP contribution in [0, 0.1) is 5.92 Å². The highest BCUT2D eigenvalue weighted by molar-refractivity contribution is 9.10. The molecule has 57 heavy (non-hydrogen) atoms. The van der Waals surface area contributed by atoms with Gasteiger partial charge in [0.25, 0.3) is 0 Å².